The molecule has 3 nitrogen and oxygen atoms in total. The van der Waals surface area contributed by atoms with Crippen molar-refractivity contribution in [3.8, 4) is 0 Å². The number of fused-ring (bicyclic) bond motifs is 1. The molecule has 2 aromatic rings. The Morgan fingerprint density at radius 1 is 1.33 bits per heavy atom. The van der Waals surface area contributed by atoms with Crippen LogP contribution in [0.2, 0.25) is 5.15 Å². The lowest BCUT2D eigenvalue weighted by atomic mass is 10.4. The summed E-state index contributed by atoms with van der Waals surface area (Å²) in [6, 6.07) is 3.28. The number of nitrogens with zero attached hydrogens (tertiary/aromatic N) is 3. The fourth-order valence-electron chi connectivity index (χ4n) is 0.904. The van der Waals surface area contributed by atoms with Gasteiger partial charge in [-0.25, -0.2) is 4.98 Å². The van der Waals surface area contributed by atoms with E-state index in [1.807, 2.05) is 0 Å². The van der Waals surface area contributed by atoms with Gasteiger partial charge in [0.05, 0.1) is 5.52 Å². The Hall–Kier alpha value is -1.29. The van der Waals surface area contributed by atoms with E-state index in [0.29, 0.717) is 11.0 Å². The fourth-order valence-corrected chi connectivity index (χ4v) is 1.12. The first kappa shape index (κ1) is 7.36. The molecule has 0 aromatic carbocycles. The third-order valence-corrected chi connectivity index (χ3v) is 1.65. The van der Waals surface area contributed by atoms with Crippen molar-refractivity contribution in [1.29, 1.82) is 0 Å². The molecule has 0 atom stereocenters. The van der Waals surface area contributed by atoms with Crippen LogP contribution in [0, 0.1) is 6.08 Å². The van der Waals surface area contributed by atoms with Gasteiger partial charge in [0, 0.05) is 6.20 Å². The number of hydrogen-bond donors (Lipinski definition) is 0. The fraction of sp³-hybridized carbons (Fsp3) is 0. The molecule has 0 saturated carbocycles. The largest absolute Gasteiger partial charge is 0.310 e. The molecule has 0 amide bonds. The summed E-state index contributed by atoms with van der Waals surface area (Å²) in [5, 5.41) is 0.0399. The highest BCUT2D eigenvalue weighted by atomic mass is 35.5. The average Bonchev–Trinajstić information content (AvgIpc) is 2.04. The first-order valence-corrected chi connectivity index (χ1v) is 3.59. The number of rotatable bonds is 0. The molecular formula is C7H3ClFN3. The van der Waals surface area contributed by atoms with Crippen LogP contribution in [0.4, 0.5) is 4.39 Å². The summed E-state index contributed by atoms with van der Waals surface area (Å²) in [6.07, 6.45) is 0.718. The molecule has 2 rings (SSSR count). The van der Waals surface area contributed by atoms with E-state index >= 15 is 0 Å². The van der Waals surface area contributed by atoms with Gasteiger partial charge in [0.25, 0.3) is 0 Å². The number of hydrogen-bond acceptors (Lipinski definition) is 3. The third-order valence-electron chi connectivity index (χ3n) is 1.38. The van der Waals surface area contributed by atoms with Crippen molar-refractivity contribution in [2.45, 2.75) is 0 Å². The smallest absolute Gasteiger partial charge is 0.251 e. The molecule has 0 spiro atoms. The number of pyridine rings is 1. The molecule has 0 aliphatic rings. The Labute approximate surface area is 72.2 Å². The van der Waals surface area contributed by atoms with Crippen molar-refractivity contribution in [3.63, 3.8) is 0 Å². The zero-order valence-corrected chi connectivity index (χ0v) is 6.59. The topological polar surface area (TPSA) is 38.7 Å². The Morgan fingerprint density at radius 2 is 2.17 bits per heavy atom. The van der Waals surface area contributed by atoms with Gasteiger partial charge in [0.2, 0.25) is 0 Å². The van der Waals surface area contributed by atoms with Gasteiger partial charge in [-0.05, 0) is 12.1 Å². The quantitative estimate of drug-likeness (QED) is 0.462. The molecule has 2 heterocycles. The predicted octanol–water partition coefficient (Wildman–Crippen LogP) is 1.82. The van der Waals surface area contributed by atoms with E-state index in [1.165, 1.54) is 0 Å². The summed E-state index contributed by atoms with van der Waals surface area (Å²) in [6.45, 7) is 0. The van der Waals surface area contributed by atoms with Gasteiger partial charge >= 0.3 is 6.08 Å². The van der Waals surface area contributed by atoms with Crippen LogP contribution >= 0.6 is 11.6 Å². The zero-order chi connectivity index (χ0) is 8.55. The SMILES string of the molecule is Fc1nc(Cl)c2ncccc2n1. The van der Waals surface area contributed by atoms with E-state index in [4.69, 9.17) is 11.6 Å². The van der Waals surface area contributed by atoms with Crippen molar-refractivity contribution in [2.75, 3.05) is 0 Å². The number of aromatic nitrogens is 3. The van der Waals surface area contributed by atoms with Gasteiger partial charge in [-0.15, -0.1) is 0 Å². The average molecular weight is 184 g/mol. The summed E-state index contributed by atoms with van der Waals surface area (Å²) >= 11 is 5.61. The van der Waals surface area contributed by atoms with E-state index in [0.717, 1.165) is 0 Å². The summed E-state index contributed by atoms with van der Waals surface area (Å²) in [5.74, 6) is 0. The lowest BCUT2D eigenvalue weighted by molar-refractivity contribution is 0.544. The number of halogens is 2. The maximum absolute atomic E-state index is 12.6. The van der Waals surface area contributed by atoms with Crippen LogP contribution in [-0.2, 0) is 0 Å². The molecule has 0 unspecified atom stereocenters. The molecular weight excluding hydrogens is 181 g/mol. The van der Waals surface area contributed by atoms with Crippen LogP contribution in [0.15, 0.2) is 18.3 Å². The molecule has 0 bridgehead atoms. The lowest BCUT2D eigenvalue weighted by Gasteiger charge is -1.96. The second-order valence-corrected chi connectivity index (χ2v) is 2.51. The van der Waals surface area contributed by atoms with Crippen LogP contribution in [0.5, 0.6) is 0 Å². The molecule has 0 saturated heterocycles. The van der Waals surface area contributed by atoms with E-state index < -0.39 is 6.08 Å². The molecule has 0 fully saturated rings. The van der Waals surface area contributed by atoms with Crippen molar-refractivity contribution in [3.05, 3.63) is 29.6 Å². The van der Waals surface area contributed by atoms with Crippen LogP contribution in [-0.4, -0.2) is 15.0 Å². The van der Waals surface area contributed by atoms with Crippen molar-refractivity contribution in [2.24, 2.45) is 0 Å². The monoisotopic (exact) mass is 183 g/mol. The predicted molar refractivity (Wildman–Crippen MR) is 42.3 cm³/mol. The summed E-state index contributed by atoms with van der Waals surface area (Å²) in [5.41, 5.74) is 0.829. The Morgan fingerprint density at radius 3 is 3.00 bits per heavy atom. The van der Waals surface area contributed by atoms with Crippen molar-refractivity contribution >= 4 is 22.6 Å². The molecule has 0 aliphatic heterocycles. The van der Waals surface area contributed by atoms with Gasteiger partial charge in [0.15, 0.2) is 5.15 Å². The minimum Gasteiger partial charge on any atom is -0.251 e. The molecule has 60 valence electrons. The van der Waals surface area contributed by atoms with E-state index in [2.05, 4.69) is 15.0 Å². The highest BCUT2D eigenvalue weighted by molar-refractivity contribution is 6.33. The highest BCUT2D eigenvalue weighted by Crippen LogP contribution is 2.16. The minimum atomic E-state index is -0.833. The van der Waals surface area contributed by atoms with Crippen LogP contribution in [0.3, 0.4) is 0 Å². The van der Waals surface area contributed by atoms with E-state index in [1.54, 1.807) is 18.3 Å². The summed E-state index contributed by atoms with van der Waals surface area (Å²) in [4.78, 5) is 10.7. The van der Waals surface area contributed by atoms with Crippen LogP contribution in [0.25, 0.3) is 11.0 Å². The molecule has 0 N–H and O–H groups in total. The van der Waals surface area contributed by atoms with Gasteiger partial charge in [-0.1, -0.05) is 11.6 Å². The highest BCUT2D eigenvalue weighted by Gasteiger charge is 2.04. The van der Waals surface area contributed by atoms with Gasteiger partial charge in [0.1, 0.15) is 5.52 Å². The first-order valence-electron chi connectivity index (χ1n) is 3.21. The lowest BCUT2D eigenvalue weighted by Crippen LogP contribution is -1.92. The third kappa shape index (κ3) is 1.10. The zero-order valence-electron chi connectivity index (χ0n) is 5.83. The standard InChI is InChI=1S/C7H3ClFN3/c8-6-5-4(2-1-3-10-5)11-7(9)12-6/h1-3H. The van der Waals surface area contributed by atoms with Crippen LogP contribution < -0.4 is 0 Å². The normalized spacial score (nSPS) is 10.5. The Bertz CT molecular complexity index is 432. The van der Waals surface area contributed by atoms with E-state index in [9.17, 15) is 4.39 Å². The molecule has 12 heavy (non-hydrogen) atoms. The van der Waals surface area contributed by atoms with Crippen LogP contribution in [0.1, 0.15) is 0 Å². The summed E-state index contributed by atoms with van der Waals surface area (Å²) in [7, 11) is 0. The van der Waals surface area contributed by atoms with Crippen molar-refractivity contribution in [1.82, 2.24) is 15.0 Å². The Balaban J connectivity index is 2.89. The second-order valence-electron chi connectivity index (χ2n) is 2.15. The molecule has 0 aliphatic carbocycles. The minimum absolute atomic E-state index is 0.0399. The second kappa shape index (κ2) is 2.64. The van der Waals surface area contributed by atoms with Gasteiger partial charge < -0.3 is 0 Å². The van der Waals surface area contributed by atoms with Gasteiger partial charge in [-0.3, -0.25) is 4.98 Å². The van der Waals surface area contributed by atoms with E-state index in [-0.39, 0.29) is 5.15 Å². The maximum Gasteiger partial charge on any atom is 0.310 e. The first-order chi connectivity index (χ1) is 5.77. The maximum atomic E-state index is 12.6. The molecule has 0 radical (unpaired) electrons. The van der Waals surface area contributed by atoms with Crippen molar-refractivity contribution < 1.29 is 4.39 Å². The van der Waals surface area contributed by atoms with Gasteiger partial charge in [-0.2, -0.15) is 9.37 Å². The molecule has 5 heteroatoms. The Kier molecular flexibility index (Phi) is 1.62. The summed E-state index contributed by atoms with van der Waals surface area (Å²) < 4.78 is 12.6. The molecule has 2 aromatic heterocycles.